The Morgan fingerprint density at radius 3 is 2.41 bits per heavy atom. The van der Waals surface area contributed by atoms with Crippen molar-refractivity contribution in [2.24, 2.45) is 0 Å². The van der Waals surface area contributed by atoms with E-state index in [-0.39, 0.29) is 5.91 Å². The molecule has 1 aromatic carbocycles. The second kappa shape index (κ2) is 8.78. The first kappa shape index (κ1) is 18.5. The molecule has 0 fully saturated rings. The van der Waals surface area contributed by atoms with E-state index < -0.39 is 17.7 Å². The molecule has 0 aliphatic rings. The van der Waals surface area contributed by atoms with Crippen LogP contribution in [-0.2, 0) is 16.0 Å². The van der Waals surface area contributed by atoms with E-state index in [1.54, 1.807) is 20.8 Å². The second-order valence-electron chi connectivity index (χ2n) is 5.87. The molecule has 1 aromatic rings. The van der Waals surface area contributed by atoms with E-state index in [4.69, 9.17) is 4.74 Å². The fraction of sp³-hybridized carbons (Fsp3) is 0.500. The average Bonchev–Trinajstić information content (AvgIpc) is 2.43. The molecule has 0 unspecified atom stereocenters. The zero-order chi connectivity index (χ0) is 16.6. The van der Waals surface area contributed by atoms with Crippen LogP contribution in [0.3, 0.4) is 0 Å². The third kappa shape index (κ3) is 7.45. The predicted molar refractivity (Wildman–Crippen MR) is 90.1 cm³/mol. The van der Waals surface area contributed by atoms with Crippen molar-refractivity contribution >= 4 is 27.9 Å². The molecule has 0 saturated heterocycles. The van der Waals surface area contributed by atoms with Gasteiger partial charge < -0.3 is 15.4 Å². The summed E-state index contributed by atoms with van der Waals surface area (Å²) in [7, 11) is 0. The molecular weight excluding hydrogens is 348 g/mol. The molecule has 0 radical (unpaired) electrons. The molecule has 1 rings (SSSR count). The first-order valence-corrected chi connectivity index (χ1v) is 8.31. The molecule has 5 nitrogen and oxygen atoms in total. The summed E-state index contributed by atoms with van der Waals surface area (Å²) in [5.41, 5.74) is 0.366. The predicted octanol–water partition coefficient (Wildman–Crippen LogP) is 2.63. The van der Waals surface area contributed by atoms with Gasteiger partial charge in [0.1, 0.15) is 11.6 Å². The number of benzene rings is 1. The topological polar surface area (TPSA) is 67.4 Å². The molecule has 6 heteroatoms. The third-order valence-electron chi connectivity index (χ3n) is 2.68. The third-order valence-corrected chi connectivity index (χ3v) is 3.08. The van der Waals surface area contributed by atoms with Gasteiger partial charge in [0.2, 0.25) is 5.91 Å². The Labute approximate surface area is 139 Å². The lowest BCUT2D eigenvalue weighted by Gasteiger charge is -2.23. The van der Waals surface area contributed by atoms with Crippen LogP contribution in [0.2, 0.25) is 0 Å². The SMILES string of the molecule is CC(C)(C)OC(=O)N[C@@H](Cc1ccccc1)C(=O)NCCBr. The van der Waals surface area contributed by atoms with Crippen LogP contribution in [0, 0.1) is 0 Å². The Hall–Kier alpha value is -1.56. The second-order valence-corrected chi connectivity index (χ2v) is 6.66. The number of alkyl halides is 1. The highest BCUT2D eigenvalue weighted by atomic mass is 79.9. The largest absolute Gasteiger partial charge is 0.444 e. The lowest BCUT2D eigenvalue weighted by Crippen LogP contribution is -2.49. The Balaban J connectivity index is 2.73. The van der Waals surface area contributed by atoms with Gasteiger partial charge in [0, 0.05) is 18.3 Å². The zero-order valence-electron chi connectivity index (χ0n) is 13.2. The van der Waals surface area contributed by atoms with Crippen molar-refractivity contribution in [1.29, 1.82) is 0 Å². The number of halogens is 1. The van der Waals surface area contributed by atoms with Gasteiger partial charge in [-0.2, -0.15) is 0 Å². The van der Waals surface area contributed by atoms with Crippen molar-refractivity contribution in [2.75, 3.05) is 11.9 Å². The Bertz CT molecular complexity index is 486. The molecule has 22 heavy (non-hydrogen) atoms. The molecule has 0 aliphatic heterocycles. The van der Waals surface area contributed by atoms with Crippen molar-refractivity contribution in [2.45, 2.75) is 38.8 Å². The summed E-state index contributed by atoms with van der Waals surface area (Å²) in [4.78, 5) is 24.1. The lowest BCUT2D eigenvalue weighted by molar-refractivity contribution is -0.123. The minimum atomic E-state index is -0.670. The Morgan fingerprint density at radius 2 is 1.86 bits per heavy atom. The number of amides is 2. The van der Waals surface area contributed by atoms with E-state index >= 15 is 0 Å². The van der Waals surface area contributed by atoms with Gasteiger partial charge in [-0.05, 0) is 26.3 Å². The van der Waals surface area contributed by atoms with Gasteiger partial charge in [0.05, 0.1) is 0 Å². The smallest absolute Gasteiger partial charge is 0.408 e. The molecule has 0 saturated carbocycles. The molecule has 1 atom stereocenters. The van der Waals surface area contributed by atoms with Gasteiger partial charge in [0.15, 0.2) is 0 Å². The summed E-state index contributed by atoms with van der Waals surface area (Å²) in [5, 5.41) is 6.06. The summed E-state index contributed by atoms with van der Waals surface area (Å²) in [6.07, 6.45) is -0.184. The first-order chi connectivity index (χ1) is 10.3. The van der Waals surface area contributed by atoms with Gasteiger partial charge in [-0.1, -0.05) is 46.3 Å². The van der Waals surface area contributed by atoms with Crippen molar-refractivity contribution < 1.29 is 14.3 Å². The standard InChI is InChI=1S/C16H23BrN2O3/c1-16(2,3)22-15(21)19-13(14(20)18-10-9-17)11-12-7-5-4-6-8-12/h4-8,13H,9-11H2,1-3H3,(H,18,20)(H,19,21)/t13-/m0/s1. The van der Waals surface area contributed by atoms with Crippen LogP contribution in [0.25, 0.3) is 0 Å². The number of nitrogens with one attached hydrogen (secondary N) is 2. The van der Waals surface area contributed by atoms with Crippen LogP contribution >= 0.6 is 15.9 Å². The summed E-state index contributed by atoms with van der Waals surface area (Å²) >= 11 is 3.26. The molecule has 0 spiro atoms. The van der Waals surface area contributed by atoms with Gasteiger partial charge in [0.25, 0.3) is 0 Å². The van der Waals surface area contributed by atoms with Gasteiger partial charge >= 0.3 is 6.09 Å². The molecule has 2 amide bonds. The highest BCUT2D eigenvalue weighted by Crippen LogP contribution is 2.08. The number of carbonyl (C=O) groups is 2. The van der Waals surface area contributed by atoms with E-state index in [0.29, 0.717) is 18.3 Å². The number of rotatable bonds is 6. The van der Waals surface area contributed by atoms with Crippen molar-refractivity contribution in [3.8, 4) is 0 Å². The van der Waals surface area contributed by atoms with Crippen LogP contribution < -0.4 is 10.6 Å². The van der Waals surface area contributed by atoms with Gasteiger partial charge in [-0.25, -0.2) is 4.79 Å². The fourth-order valence-corrected chi connectivity index (χ4v) is 2.00. The van der Waals surface area contributed by atoms with Crippen LogP contribution in [0.4, 0.5) is 4.79 Å². The molecule has 2 N–H and O–H groups in total. The van der Waals surface area contributed by atoms with Crippen LogP contribution in [0.1, 0.15) is 26.3 Å². The number of alkyl carbamates (subject to hydrolysis) is 1. The van der Waals surface area contributed by atoms with Crippen molar-refractivity contribution in [3.05, 3.63) is 35.9 Å². The molecule has 0 bridgehead atoms. The number of hydrogen-bond acceptors (Lipinski definition) is 3. The quantitative estimate of drug-likeness (QED) is 0.756. The minimum Gasteiger partial charge on any atom is -0.444 e. The summed E-state index contributed by atoms with van der Waals surface area (Å²) in [6, 6.07) is 8.87. The van der Waals surface area contributed by atoms with Crippen LogP contribution in [-0.4, -0.2) is 35.5 Å². The van der Waals surface area contributed by atoms with Crippen LogP contribution in [0.15, 0.2) is 30.3 Å². The maximum absolute atomic E-state index is 12.2. The van der Waals surface area contributed by atoms with E-state index in [0.717, 1.165) is 5.56 Å². The van der Waals surface area contributed by atoms with Crippen LogP contribution in [0.5, 0.6) is 0 Å². The van der Waals surface area contributed by atoms with Crippen molar-refractivity contribution in [1.82, 2.24) is 10.6 Å². The highest BCUT2D eigenvalue weighted by molar-refractivity contribution is 9.09. The van der Waals surface area contributed by atoms with Gasteiger partial charge in [-0.3, -0.25) is 4.79 Å². The fourth-order valence-electron chi connectivity index (χ4n) is 1.80. The minimum absolute atomic E-state index is 0.228. The average molecular weight is 371 g/mol. The molecular formula is C16H23BrN2O3. The number of hydrogen-bond donors (Lipinski definition) is 2. The molecule has 0 aromatic heterocycles. The number of carbonyl (C=O) groups excluding carboxylic acids is 2. The summed E-state index contributed by atoms with van der Waals surface area (Å²) < 4.78 is 5.22. The highest BCUT2D eigenvalue weighted by Gasteiger charge is 2.24. The van der Waals surface area contributed by atoms with E-state index in [1.807, 2.05) is 30.3 Å². The zero-order valence-corrected chi connectivity index (χ0v) is 14.8. The first-order valence-electron chi connectivity index (χ1n) is 7.19. The molecule has 0 heterocycles. The van der Waals surface area contributed by atoms with Crippen molar-refractivity contribution in [3.63, 3.8) is 0 Å². The summed E-state index contributed by atoms with van der Waals surface area (Å²) in [5.74, 6) is -0.228. The Kier molecular flexibility index (Phi) is 7.38. The normalized spacial score (nSPS) is 12.4. The van der Waals surface area contributed by atoms with Gasteiger partial charge in [-0.15, -0.1) is 0 Å². The number of ether oxygens (including phenoxy) is 1. The lowest BCUT2D eigenvalue weighted by atomic mass is 10.1. The molecule has 122 valence electrons. The van der Waals surface area contributed by atoms with E-state index in [9.17, 15) is 9.59 Å². The van der Waals surface area contributed by atoms with E-state index in [1.165, 1.54) is 0 Å². The summed E-state index contributed by atoms with van der Waals surface area (Å²) in [6.45, 7) is 5.84. The Morgan fingerprint density at radius 1 is 1.23 bits per heavy atom. The monoisotopic (exact) mass is 370 g/mol. The maximum Gasteiger partial charge on any atom is 0.408 e. The molecule has 0 aliphatic carbocycles. The maximum atomic E-state index is 12.2. The van der Waals surface area contributed by atoms with E-state index in [2.05, 4.69) is 26.6 Å².